The molecule has 0 aliphatic carbocycles. The van der Waals surface area contributed by atoms with Crippen LogP contribution in [-0.4, -0.2) is 29.9 Å². The molecule has 3 N–H and O–H groups in total. The van der Waals surface area contributed by atoms with Gasteiger partial charge in [-0.2, -0.15) is 0 Å². The van der Waals surface area contributed by atoms with Crippen molar-refractivity contribution in [1.82, 2.24) is 4.57 Å². The van der Waals surface area contributed by atoms with Crippen LogP contribution in [0.1, 0.15) is 10.4 Å². The highest BCUT2D eigenvalue weighted by atomic mass is 16.5. The van der Waals surface area contributed by atoms with Crippen LogP contribution in [0.3, 0.4) is 0 Å². The molecule has 2 rings (SSSR count). The van der Waals surface area contributed by atoms with Gasteiger partial charge in [0.1, 0.15) is 5.56 Å². The lowest BCUT2D eigenvalue weighted by Gasteiger charge is -2.15. The van der Waals surface area contributed by atoms with Crippen LogP contribution < -0.4 is 20.6 Å². The minimum absolute atomic E-state index is 0.0607. The molecule has 0 radical (unpaired) electrons. The van der Waals surface area contributed by atoms with Crippen LogP contribution in [0.2, 0.25) is 0 Å². The molecule has 0 saturated carbocycles. The van der Waals surface area contributed by atoms with Crippen molar-refractivity contribution in [3.63, 3.8) is 0 Å². The third kappa shape index (κ3) is 1.83. The van der Waals surface area contributed by atoms with Crippen LogP contribution in [0.25, 0.3) is 10.9 Å². The maximum absolute atomic E-state index is 12.2. The molecule has 0 unspecified atom stereocenters. The number of rotatable bonds is 3. The third-order valence-electron chi connectivity index (χ3n) is 3.09. The predicted octanol–water partition coefficient (Wildman–Crippen LogP) is 0.836. The number of methoxy groups -OCH3 is 2. The number of carboxylic acid groups (broad SMARTS) is 1. The normalized spacial score (nSPS) is 10.6. The van der Waals surface area contributed by atoms with E-state index in [0.29, 0.717) is 11.3 Å². The molecule has 0 saturated heterocycles. The molecular weight excluding hydrogens is 264 g/mol. The molecule has 0 spiro atoms. The van der Waals surface area contributed by atoms with Crippen molar-refractivity contribution in [3.05, 3.63) is 28.0 Å². The maximum Gasteiger partial charge on any atom is 0.341 e. The number of aromatic nitrogens is 1. The smallest absolute Gasteiger partial charge is 0.341 e. The zero-order valence-corrected chi connectivity index (χ0v) is 11.3. The average Bonchev–Trinajstić information content (AvgIpc) is 2.41. The summed E-state index contributed by atoms with van der Waals surface area (Å²) in [6, 6.07) is 1.58. The van der Waals surface area contributed by atoms with Crippen LogP contribution in [0.4, 0.5) is 5.69 Å². The van der Waals surface area contributed by atoms with Crippen LogP contribution >= 0.6 is 0 Å². The Morgan fingerprint density at radius 1 is 1.35 bits per heavy atom. The van der Waals surface area contributed by atoms with E-state index in [4.69, 9.17) is 20.3 Å². The van der Waals surface area contributed by atoms with Gasteiger partial charge in [0.2, 0.25) is 5.43 Å². The van der Waals surface area contributed by atoms with E-state index in [1.54, 1.807) is 13.1 Å². The van der Waals surface area contributed by atoms with Gasteiger partial charge in [0, 0.05) is 19.3 Å². The number of benzene rings is 1. The number of aryl methyl sites for hydroxylation is 1. The minimum Gasteiger partial charge on any atom is -0.493 e. The Balaban J connectivity index is 3.04. The topological polar surface area (TPSA) is 104 Å². The minimum atomic E-state index is -1.30. The van der Waals surface area contributed by atoms with Crippen LogP contribution in [-0.2, 0) is 7.05 Å². The molecule has 7 heteroatoms. The Morgan fingerprint density at radius 3 is 2.50 bits per heavy atom. The van der Waals surface area contributed by atoms with Crippen LogP contribution in [0, 0.1) is 0 Å². The Labute approximate surface area is 114 Å². The maximum atomic E-state index is 12.2. The number of ether oxygens (including phenoxy) is 2. The lowest BCUT2D eigenvalue weighted by atomic mass is 10.1. The molecule has 0 atom stereocenters. The van der Waals surface area contributed by atoms with Gasteiger partial charge in [-0.05, 0) is 0 Å². The lowest BCUT2D eigenvalue weighted by Crippen LogP contribution is -2.19. The third-order valence-corrected chi connectivity index (χ3v) is 3.09. The van der Waals surface area contributed by atoms with Gasteiger partial charge < -0.3 is 24.9 Å². The summed E-state index contributed by atoms with van der Waals surface area (Å²) in [6.45, 7) is 0. The number of carbonyl (C=O) groups is 1. The quantitative estimate of drug-likeness (QED) is 0.806. The number of aromatic carboxylic acids is 1. The summed E-state index contributed by atoms with van der Waals surface area (Å²) >= 11 is 0. The summed E-state index contributed by atoms with van der Waals surface area (Å²) < 4.78 is 11.8. The van der Waals surface area contributed by atoms with Gasteiger partial charge in [-0.1, -0.05) is 0 Å². The SMILES string of the molecule is COc1cc2c(c(N)c1OC)c(=O)c(C(=O)O)cn2C. The number of hydrogen-bond acceptors (Lipinski definition) is 5. The van der Waals surface area contributed by atoms with E-state index in [1.807, 2.05) is 0 Å². The molecule has 0 amide bonds. The number of carboxylic acids is 1. The molecule has 7 nitrogen and oxygen atoms in total. The molecule has 20 heavy (non-hydrogen) atoms. The molecule has 0 bridgehead atoms. The largest absolute Gasteiger partial charge is 0.493 e. The second-order valence-electron chi connectivity index (χ2n) is 4.21. The first-order chi connectivity index (χ1) is 9.42. The van der Waals surface area contributed by atoms with Gasteiger partial charge in [-0.25, -0.2) is 4.79 Å². The zero-order valence-electron chi connectivity index (χ0n) is 11.3. The Hall–Kier alpha value is -2.70. The molecule has 1 aromatic heterocycles. The van der Waals surface area contributed by atoms with Crippen molar-refractivity contribution in [2.24, 2.45) is 7.05 Å². The first-order valence-corrected chi connectivity index (χ1v) is 5.69. The summed E-state index contributed by atoms with van der Waals surface area (Å²) in [7, 11) is 4.47. The fraction of sp³-hybridized carbons (Fsp3) is 0.231. The van der Waals surface area contributed by atoms with E-state index in [9.17, 15) is 9.59 Å². The number of nitrogens with zero attached hydrogens (tertiary/aromatic N) is 1. The number of hydrogen-bond donors (Lipinski definition) is 2. The number of anilines is 1. The zero-order chi connectivity index (χ0) is 15.0. The van der Waals surface area contributed by atoms with E-state index < -0.39 is 11.4 Å². The van der Waals surface area contributed by atoms with Crippen molar-refractivity contribution in [1.29, 1.82) is 0 Å². The summed E-state index contributed by atoms with van der Waals surface area (Å²) in [5, 5.41) is 9.16. The lowest BCUT2D eigenvalue weighted by molar-refractivity contribution is 0.0695. The van der Waals surface area contributed by atoms with E-state index in [0.717, 1.165) is 0 Å². The molecule has 1 heterocycles. The number of fused-ring (bicyclic) bond motifs is 1. The van der Waals surface area contributed by atoms with Crippen molar-refractivity contribution in [2.45, 2.75) is 0 Å². The van der Waals surface area contributed by atoms with Gasteiger partial charge in [0.05, 0.1) is 30.8 Å². The second-order valence-corrected chi connectivity index (χ2v) is 4.21. The van der Waals surface area contributed by atoms with Gasteiger partial charge >= 0.3 is 5.97 Å². The molecule has 0 fully saturated rings. The monoisotopic (exact) mass is 278 g/mol. The molecule has 106 valence electrons. The summed E-state index contributed by atoms with van der Waals surface area (Å²) in [6.07, 6.45) is 1.25. The molecular formula is C13H14N2O5. The Morgan fingerprint density at radius 2 is 2.00 bits per heavy atom. The summed E-state index contributed by atoms with van der Waals surface area (Å²) in [5.41, 5.74) is 5.46. The van der Waals surface area contributed by atoms with Gasteiger partial charge in [-0.15, -0.1) is 0 Å². The van der Waals surface area contributed by atoms with E-state index >= 15 is 0 Å². The van der Waals surface area contributed by atoms with Crippen LogP contribution in [0.5, 0.6) is 11.5 Å². The van der Waals surface area contributed by atoms with Crippen molar-refractivity contribution in [2.75, 3.05) is 20.0 Å². The highest BCUT2D eigenvalue weighted by Gasteiger charge is 2.20. The van der Waals surface area contributed by atoms with Crippen molar-refractivity contribution in [3.8, 4) is 11.5 Å². The van der Waals surface area contributed by atoms with Crippen molar-refractivity contribution >= 4 is 22.6 Å². The van der Waals surface area contributed by atoms with Crippen LogP contribution in [0.15, 0.2) is 17.1 Å². The molecule has 0 aliphatic rings. The first-order valence-electron chi connectivity index (χ1n) is 5.69. The second kappa shape index (κ2) is 4.76. The van der Waals surface area contributed by atoms with Gasteiger partial charge in [0.15, 0.2) is 11.5 Å². The highest BCUT2D eigenvalue weighted by Crippen LogP contribution is 2.38. The predicted molar refractivity (Wildman–Crippen MR) is 73.7 cm³/mol. The molecule has 0 aliphatic heterocycles. The first kappa shape index (κ1) is 13.7. The van der Waals surface area contributed by atoms with Gasteiger partial charge in [0.25, 0.3) is 0 Å². The molecule has 1 aromatic carbocycles. The Bertz CT molecular complexity index is 764. The van der Waals surface area contributed by atoms with Crippen molar-refractivity contribution < 1.29 is 19.4 Å². The molecule has 2 aromatic rings. The van der Waals surface area contributed by atoms with Gasteiger partial charge in [-0.3, -0.25) is 4.79 Å². The fourth-order valence-electron chi connectivity index (χ4n) is 2.13. The van der Waals surface area contributed by atoms with E-state index in [1.165, 1.54) is 25.0 Å². The van der Waals surface area contributed by atoms with E-state index in [-0.39, 0.29) is 22.4 Å². The number of nitrogen functional groups attached to an aromatic ring is 1. The summed E-state index contributed by atoms with van der Waals surface area (Å²) in [5.74, 6) is -0.725. The standard InChI is InChI=1S/C13H14N2O5/c1-15-5-6(13(17)18)11(16)9-7(15)4-8(19-2)12(20-3)10(9)14/h4-5H,14H2,1-3H3,(H,17,18). The average molecular weight is 278 g/mol. The number of pyridine rings is 1. The number of nitrogens with two attached hydrogens (primary N) is 1. The van der Waals surface area contributed by atoms with E-state index in [2.05, 4.69) is 0 Å². The Kier molecular flexibility index (Phi) is 3.27. The fourth-order valence-corrected chi connectivity index (χ4v) is 2.13. The highest BCUT2D eigenvalue weighted by molar-refractivity contribution is 6.00. The summed E-state index contributed by atoms with van der Waals surface area (Å²) in [4.78, 5) is 23.3.